The van der Waals surface area contributed by atoms with Gasteiger partial charge in [0.2, 0.25) is 0 Å². The second-order valence-corrected chi connectivity index (χ2v) is 8.15. The van der Waals surface area contributed by atoms with Crippen LogP contribution in [0.5, 0.6) is 0 Å². The minimum atomic E-state index is -3.26. The van der Waals surface area contributed by atoms with Gasteiger partial charge in [-0.25, -0.2) is 8.42 Å². The van der Waals surface area contributed by atoms with E-state index >= 15 is 0 Å². The standard InChI is InChI=1S/C12H11BrClNO3S/c13-10-5-8(14)1-2-9(10)11(16)12(6-15)3-4-19(17,18)7-12/h1-2,5,11,16H,3-4,7H2. The minimum absolute atomic E-state index is 0.0666. The Hall–Kier alpha value is -0.610. The molecule has 1 aromatic carbocycles. The van der Waals surface area contributed by atoms with Crippen molar-refractivity contribution in [3.63, 3.8) is 0 Å². The summed E-state index contributed by atoms with van der Waals surface area (Å²) < 4.78 is 23.7. The first kappa shape index (κ1) is 14.8. The van der Waals surface area contributed by atoms with Gasteiger partial charge in [0.05, 0.1) is 23.7 Å². The van der Waals surface area contributed by atoms with Crippen molar-refractivity contribution < 1.29 is 13.5 Å². The molecule has 0 amide bonds. The number of hydrogen-bond donors (Lipinski definition) is 1. The molecule has 0 radical (unpaired) electrons. The third kappa shape index (κ3) is 2.79. The molecule has 0 aliphatic carbocycles. The van der Waals surface area contributed by atoms with E-state index in [9.17, 15) is 18.8 Å². The zero-order valence-corrected chi connectivity index (χ0v) is 13.0. The Morgan fingerprint density at radius 3 is 2.68 bits per heavy atom. The molecule has 1 heterocycles. The summed E-state index contributed by atoms with van der Waals surface area (Å²) in [5.74, 6) is -0.379. The van der Waals surface area contributed by atoms with Crippen molar-refractivity contribution in [2.75, 3.05) is 11.5 Å². The number of halogens is 2. The highest BCUT2D eigenvalue weighted by molar-refractivity contribution is 9.10. The lowest BCUT2D eigenvalue weighted by Gasteiger charge is -2.26. The Bertz CT molecular complexity index is 655. The molecule has 7 heteroatoms. The lowest BCUT2D eigenvalue weighted by molar-refractivity contribution is 0.0787. The molecule has 4 nitrogen and oxygen atoms in total. The minimum Gasteiger partial charge on any atom is -0.387 e. The van der Waals surface area contributed by atoms with E-state index in [0.717, 1.165) is 0 Å². The van der Waals surface area contributed by atoms with E-state index in [-0.39, 0.29) is 17.9 Å². The van der Waals surface area contributed by atoms with Crippen LogP contribution in [0.4, 0.5) is 0 Å². The molecule has 0 spiro atoms. The summed E-state index contributed by atoms with van der Waals surface area (Å²) in [5, 5.41) is 20.2. The highest BCUT2D eigenvalue weighted by Gasteiger charge is 2.49. The summed E-state index contributed by atoms with van der Waals surface area (Å²) in [6.07, 6.45) is -1.02. The maximum Gasteiger partial charge on any atom is 0.152 e. The van der Waals surface area contributed by atoms with Gasteiger partial charge < -0.3 is 5.11 Å². The van der Waals surface area contributed by atoms with Gasteiger partial charge in [0.15, 0.2) is 9.84 Å². The highest BCUT2D eigenvalue weighted by Crippen LogP contribution is 2.44. The van der Waals surface area contributed by atoms with Gasteiger partial charge in [0, 0.05) is 9.50 Å². The number of aliphatic hydroxyl groups excluding tert-OH is 1. The van der Waals surface area contributed by atoms with Crippen LogP contribution in [0.25, 0.3) is 0 Å². The van der Waals surface area contributed by atoms with Gasteiger partial charge in [0.1, 0.15) is 5.41 Å². The molecule has 0 aromatic heterocycles. The molecule has 1 saturated heterocycles. The first-order valence-electron chi connectivity index (χ1n) is 5.54. The Morgan fingerprint density at radius 2 is 2.21 bits per heavy atom. The lowest BCUT2D eigenvalue weighted by Crippen LogP contribution is -2.29. The van der Waals surface area contributed by atoms with E-state index < -0.39 is 21.4 Å². The van der Waals surface area contributed by atoms with Gasteiger partial charge in [-0.2, -0.15) is 5.26 Å². The van der Waals surface area contributed by atoms with Crippen molar-refractivity contribution >= 4 is 37.4 Å². The summed E-state index contributed by atoms with van der Waals surface area (Å²) in [4.78, 5) is 0. The van der Waals surface area contributed by atoms with E-state index in [1.807, 2.05) is 6.07 Å². The third-order valence-corrected chi connectivity index (χ3v) is 6.04. The average molecular weight is 365 g/mol. The van der Waals surface area contributed by atoms with Crippen LogP contribution in [-0.2, 0) is 9.84 Å². The summed E-state index contributed by atoms with van der Waals surface area (Å²) in [6.45, 7) is 0. The molecule has 2 atom stereocenters. The molecular formula is C12H11BrClNO3S. The summed E-state index contributed by atoms with van der Waals surface area (Å²) in [5.41, 5.74) is -0.808. The molecule has 2 rings (SSSR count). The predicted molar refractivity (Wildman–Crippen MR) is 75.4 cm³/mol. The summed E-state index contributed by atoms with van der Waals surface area (Å²) in [6, 6.07) is 6.79. The van der Waals surface area contributed by atoms with Gasteiger partial charge in [0.25, 0.3) is 0 Å². The van der Waals surface area contributed by atoms with Crippen LogP contribution in [0.3, 0.4) is 0 Å². The van der Waals surface area contributed by atoms with Crippen molar-refractivity contribution in [3.05, 3.63) is 33.3 Å². The van der Waals surface area contributed by atoms with Crippen molar-refractivity contribution in [2.45, 2.75) is 12.5 Å². The first-order chi connectivity index (χ1) is 8.80. The highest BCUT2D eigenvalue weighted by atomic mass is 79.9. The van der Waals surface area contributed by atoms with Crippen LogP contribution in [0, 0.1) is 16.7 Å². The summed E-state index contributed by atoms with van der Waals surface area (Å²) in [7, 11) is -3.26. The number of hydrogen-bond acceptors (Lipinski definition) is 4. The molecule has 2 unspecified atom stereocenters. The van der Waals surface area contributed by atoms with Gasteiger partial charge in [-0.05, 0) is 24.1 Å². The van der Waals surface area contributed by atoms with Gasteiger partial charge in [-0.1, -0.05) is 33.6 Å². The lowest BCUT2D eigenvalue weighted by atomic mass is 9.80. The Kier molecular flexibility index (Phi) is 3.94. The van der Waals surface area contributed by atoms with Crippen molar-refractivity contribution in [2.24, 2.45) is 5.41 Å². The molecule has 1 fully saturated rings. The van der Waals surface area contributed by atoms with Crippen molar-refractivity contribution in [3.8, 4) is 6.07 Å². The Labute approximate surface area is 125 Å². The molecule has 0 saturated carbocycles. The van der Waals surface area contributed by atoms with Crippen LogP contribution < -0.4 is 0 Å². The van der Waals surface area contributed by atoms with E-state index in [1.54, 1.807) is 18.2 Å². The van der Waals surface area contributed by atoms with Crippen LogP contribution in [0.15, 0.2) is 22.7 Å². The number of nitriles is 1. The van der Waals surface area contributed by atoms with Gasteiger partial charge in [-0.3, -0.25) is 0 Å². The molecule has 102 valence electrons. The average Bonchev–Trinajstić information content (AvgIpc) is 2.65. The number of benzene rings is 1. The summed E-state index contributed by atoms with van der Waals surface area (Å²) >= 11 is 9.10. The van der Waals surface area contributed by atoms with Crippen LogP contribution in [0.2, 0.25) is 5.02 Å². The van der Waals surface area contributed by atoms with Crippen molar-refractivity contribution in [1.82, 2.24) is 0 Å². The van der Waals surface area contributed by atoms with E-state index in [1.165, 1.54) is 0 Å². The van der Waals surface area contributed by atoms with E-state index in [2.05, 4.69) is 15.9 Å². The third-order valence-electron chi connectivity index (χ3n) is 3.34. The Balaban J connectivity index is 2.43. The van der Waals surface area contributed by atoms with E-state index in [4.69, 9.17) is 11.6 Å². The normalized spacial score (nSPS) is 26.8. The molecule has 1 aromatic rings. The maximum atomic E-state index is 11.6. The zero-order chi connectivity index (χ0) is 14.3. The topological polar surface area (TPSA) is 78.2 Å². The monoisotopic (exact) mass is 363 g/mol. The molecule has 1 N–H and O–H groups in total. The second-order valence-electron chi connectivity index (χ2n) is 4.68. The number of sulfone groups is 1. The number of nitrogens with zero attached hydrogens (tertiary/aromatic N) is 1. The fraction of sp³-hybridized carbons (Fsp3) is 0.417. The first-order valence-corrected chi connectivity index (χ1v) is 8.54. The van der Waals surface area contributed by atoms with Gasteiger partial charge in [-0.15, -0.1) is 0 Å². The van der Waals surface area contributed by atoms with Crippen molar-refractivity contribution in [1.29, 1.82) is 5.26 Å². The Morgan fingerprint density at radius 1 is 1.53 bits per heavy atom. The second kappa shape index (κ2) is 5.06. The molecular weight excluding hydrogens is 354 g/mol. The van der Waals surface area contributed by atoms with Crippen LogP contribution in [0.1, 0.15) is 18.1 Å². The molecule has 1 aliphatic rings. The SMILES string of the molecule is N#CC1(C(O)c2ccc(Cl)cc2Br)CCS(=O)(=O)C1. The van der Waals surface area contributed by atoms with Crippen LogP contribution >= 0.6 is 27.5 Å². The number of aliphatic hydroxyl groups is 1. The number of rotatable bonds is 2. The van der Waals surface area contributed by atoms with E-state index in [0.29, 0.717) is 15.1 Å². The fourth-order valence-electron chi connectivity index (χ4n) is 2.26. The maximum absolute atomic E-state index is 11.6. The largest absolute Gasteiger partial charge is 0.387 e. The predicted octanol–water partition coefficient (Wildman–Crippen LogP) is 2.46. The zero-order valence-electron chi connectivity index (χ0n) is 9.81. The molecule has 19 heavy (non-hydrogen) atoms. The smallest absolute Gasteiger partial charge is 0.152 e. The van der Waals surface area contributed by atoms with Crippen LogP contribution in [-0.4, -0.2) is 25.0 Å². The molecule has 0 bridgehead atoms. The quantitative estimate of drug-likeness (QED) is 0.874. The molecule has 1 aliphatic heterocycles. The fourth-order valence-corrected chi connectivity index (χ4v) is 5.13. The van der Waals surface area contributed by atoms with Gasteiger partial charge >= 0.3 is 0 Å².